The number of benzene rings is 2. The van der Waals surface area contributed by atoms with Crippen LogP contribution in [0.2, 0.25) is 0 Å². The van der Waals surface area contributed by atoms with Gasteiger partial charge < -0.3 is 9.47 Å². The van der Waals surface area contributed by atoms with Crippen molar-refractivity contribution in [1.82, 2.24) is 0 Å². The van der Waals surface area contributed by atoms with E-state index in [1.54, 1.807) is 0 Å². The third kappa shape index (κ3) is 5.18. The number of ether oxygens (including phenoxy) is 2. The molecule has 0 spiro atoms. The molecule has 2 aromatic carbocycles. The van der Waals surface area contributed by atoms with Gasteiger partial charge in [0.05, 0.1) is 23.3 Å². The Labute approximate surface area is 148 Å². The van der Waals surface area contributed by atoms with Crippen LogP contribution in [0, 0.1) is 0 Å². The van der Waals surface area contributed by atoms with E-state index < -0.39 is 0 Å². The molecule has 0 fully saturated rings. The third-order valence-electron chi connectivity index (χ3n) is 3.54. The van der Waals surface area contributed by atoms with E-state index in [1.165, 1.54) is 0 Å². The van der Waals surface area contributed by atoms with E-state index in [4.69, 9.17) is 9.47 Å². The molecule has 0 aliphatic heterocycles. The largest absolute Gasteiger partial charge is 0.490 e. The lowest BCUT2D eigenvalue weighted by Crippen LogP contribution is -2.08. The highest BCUT2D eigenvalue weighted by Gasteiger charge is 2.10. The summed E-state index contributed by atoms with van der Waals surface area (Å²) in [6.07, 6.45) is 2.24. The highest BCUT2D eigenvalue weighted by molar-refractivity contribution is 5.80. The van der Waals surface area contributed by atoms with Crippen LogP contribution < -0.4 is 9.47 Å². The molecule has 4 nitrogen and oxygen atoms in total. The minimum absolute atomic E-state index is 0.00759. The van der Waals surface area contributed by atoms with Crippen molar-refractivity contribution in [3.8, 4) is 11.5 Å². The predicted octanol–water partition coefficient (Wildman–Crippen LogP) is 4.48. The summed E-state index contributed by atoms with van der Waals surface area (Å²) in [6.45, 7) is 7.68. The van der Waals surface area contributed by atoms with Gasteiger partial charge in [0.1, 0.15) is 11.5 Å². The summed E-state index contributed by atoms with van der Waals surface area (Å²) in [5.74, 6) is 1.17. The van der Waals surface area contributed by atoms with Crippen LogP contribution in [0.3, 0.4) is 0 Å². The van der Waals surface area contributed by atoms with Crippen LogP contribution in [-0.2, 0) is 6.42 Å². The molecule has 0 heterocycles. The average Bonchev–Trinajstić information content (AvgIpc) is 2.56. The predicted molar refractivity (Wildman–Crippen MR) is 98.0 cm³/mol. The Morgan fingerprint density at radius 3 is 1.48 bits per heavy atom. The molecule has 25 heavy (non-hydrogen) atoms. The summed E-state index contributed by atoms with van der Waals surface area (Å²) in [7, 11) is 0. The SMILES string of the molecule is CC(C)Oc1ccc(Cc2ccc(OC(C)C)c(C=O)c2)cc1C=O. The fourth-order valence-electron chi connectivity index (χ4n) is 2.56. The van der Waals surface area contributed by atoms with E-state index in [0.29, 0.717) is 29.0 Å². The van der Waals surface area contributed by atoms with Crippen molar-refractivity contribution in [3.05, 3.63) is 58.7 Å². The van der Waals surface area contributed by atoms with Gasteiger partial charge in [-0.15, -0.1) is 0 Å². The van der Waals surface area contributed by atoms with Gasteiger partial charge in [0, 0.05) is 0 Å². The molecule has 0 amide bonds. The number of carbonyl (C=O) groups is 2. The monoisotopic (exact) mass is 340 g/mol. The minimum Gasteiger partial charge on any atom is -0.490 e. The van der Waals surface area contributed by atoms with Crippen LogP contribution in [0.4, 0.5) is 0 Å². The standard InChI is InChI=1S/C21H24O4/c1-14(2)24-20-7-5-16(10-18(20)12-22)9-17-6-8-21(25-15(3)4)19(11-17)13-23/h5-8,10-15H,9H2,1-4H3. The van der Waals surface area contributed by atoms with Crippen LogP contribution in [0.5, 0.6) is 11.5 Å². The third-order valence-corrected chi connectivity index (χ3v) is 3.54. The first-order chi connectivity index (χ1) is 11.9. The van der Waals surface area contributed by atoms with Crippen molar-refractivity contribution >= 4 is 12.6 Å². The van der Waals surface area contributed by atoms with Gasteiger partial charge in [0.2, 0.25) is 0 Å². The summed E-state index contributed by atoms with van der Waals surface area (Å²) in [4.78, 5) is 22.6. The van der Waals surface area contributed by atoms with Crippen molar-refractivity contribution in [2.45, 2.75) is 46.3 Å². The van der Waals surface area contributed by atoms with Gasteiger partial charge in [0.15, 0.2) is 12.6 Å². The number of carbonyl (C=O) groups excluding carboxylic acids is 2. The van der Waals surface area contributed by atoms with Crippen molar-refractivity contribution in [2.24, 2.45) is 0 Å². The number of hydrogen-bond acceptors (Lipinski definition) is 4. The Hall–Kier alpha value is -2.62. The molecule has 132 valence electrons. The highest BCUT2D eigenvalue weighted by atomic mass is 16.5. The fraction of sp³-hybridized carbons (Fsp3) is 0.333. The molecule has 2 aromatic rings. The fourth-order valence-corrected chi connectivity index (χ4v) is 2.56. The molecule has 0 aliphatic rings. The molecule has 0 aromatic heterocycles. The topological polar surface area (TPSA) is 52.6 Å². The maximum absolute atomic E-state index is 11.3. The Morgan fingerprint density at radius 1 is 0.760 bits per heavy atom. The number of aldehydes is 2. The molecule has 0 saturated carbocycles. The summed E-state index contributed by atoms with van der Waals surface area (Å²) >= 11 is 0. The molecule has 0 unspecified atom stereocenters. The Morgan fingerprint density at radius 2 is 1.16 bits per heavy atom. The van der Waals surface area contributed by atoms with Gasteiger partial charge in [-0.05, 0) is 69.5 Å². The van der Waals surface area contributed by atoms with Crippen molar-refractivity contribution in [3.63, 3.8) is 0 Å². The zero-order chi connectivity index (χ0) is 18.4. The molecular formula is C21H24O4. The van der Waals surface area contributed by atoms with Crippen LogP contribution in [-0.4, -0.2) is 24.8 Å². The molecular weight excluding hydrogens is 316 g/mol. The Balaban J connectivity index is 2.24. The first-order valence-corrected chi connectivity index (χ1v) is 8.42. The highest BCUT2D eigenvalue weighted by Crippen LogP contribution is 2.24. The van der Waals surface area contributed by atoms with Gasteiger partial charge in [-0.1, -0.05) is 12.1 Å². The number of rotatable bonds is 8. The van der Waals surface area contributed by atoms with E-state index in [9.17, 15) is 9.59 Å². The van der Waals surface area contributed by atoms with Crippen molar-refractivity contribution in [2.75, 3.05) is 0 Å². The molecule has 0 bridgehead atoms. The molecule has 0 N–H and O–H groups in total. The lowest BCUT2D eigenvalue weighted by atomic mass is 10.0. The van der Waals surface area contributed by atoms with E-state index in [1.807, 2.05) is 64.1 Å². The van der Waals surface area contributed by atoms with Crippen molar-refractivity contribution < 1.29 is 19.1 Å². The van der Waals surface area contributed by atoms with Crippen LogP contribution in [0.1, 0.15) is 59.5 Å². The molecule has 2 rings (SSSR count). The Bertz CT molecular complexity index is 684. The molecule has 0 aliphatic carbocycles. The summed E-state index contributed by atoms with van der Waals surface area (Å²) in [5.41, 5.74) is 3.02. The van der Waals surface area contributed by atoms with Gasteiger partial charge >= 0.3 is 0 Å². The van der Waals surface area contributed by atoms with E-state index in [0.717, 1.165) is 23.7 Å². The lowest BCUT2D eigenvalue weighted by molar-refractivity contribution is 0.111. The van der Waals surface area contributed by atoms with Crippen molar-refractivity contribution in [1.29, 1.82) is 0 Å². The quantitative estimate of drug-likeness (QED) is 0.665. The molecule has 0 saturated heterocycles. The van der Waals surface area contributed by atoms with E-state index in [-0.39, 0.29) is 12.2 Å². The zero-order valence-corrected chi connectivity index (χ0v) is 15.1. The second-order valence-electron chi connectivity index (χ2n) is 6.49. The van der Waals surface area contributed by atoms with Gasteiger partial charge in [-0.2, -0.15) is 0 Å². The number of hydrogen-bond donors (Lipinski definition) is 0. The zero-order valence-electron chi connectivity index (χ0n) is 15.1. The van der Waals surface area contributed by atoms with Crippen LogP contribution >= 0.6 is 0 Å². The second kappa shape index (κ2) is 8.47. The first kappa shape index (κ1) is 18.7. The molecule has 0 atom stereocenters. The smallest absolute Gasteiger partial charge is 0.153 e. The van der Waals surface area contributed by atoms with Crippen LogP contribution in [0.15, 0.2) is 36.4 Å². The van der Waals surface area contributed by atoms with E-state index >= 15 is 0 Å². The van der Waals surface area contributed by atoms with Gasteiger partial charge in [0.25, 0.3) is 0 Å². The first-order valence-electron chi connectivity index (χ1n) is 8.42. The van der Waals surface area contributed by atoms with Gasteiger partial charge in [-0.25, -0.2) is 0 Å². The summed E-state index contributed by atoms with van der Waals surface area (Å²) < 4.78 is 11.3. The van der Waals surface area contributed by atoms with Crippen LogP contribution in [0.25, 0.3) is 0 Å². The summed E-state index contributed by atoms with van der Waals surface area (Å²) in [6, 6.07) is 11.1. The normalized spacial score (nSPS) is 10.8. The summed E-state index contributed by atoms with van der Waals surface area (Å²) in [5, 5.41) is 0. The second-order valence-corrected chi connectivity index (χ2v) is 6.49. The lowest BCUT2D eigenvalue weighted by Gasteiger charge is -2.14. The average molecular weight is 340 g/mol. The molecule has 4 heteroatoms. The molecule has 0 radical (unpaired) electrons. The maximum Gasteiger partial charge on any atom is 0.153 e. The maximum atomic E-state index is 11.3. The van der Waals surface area contributed by atoms with Gasteiger partial charge in [-0.3, -0.25) is 9.59 Å². The van der Waals surface area contributed by atoms with E-state index in [2.05, 4.69) is 0 Å². The Kier molecular flexibility index (Phi) is 6.34. The minimum atomic E-state index is 0.00759.